The van der Waals surface area contributed by atoms with E-state index in [2.05, 4.69) is 45.1 Å². The molecule has 0 radical (unpaired) electrons. The van der Waals surface area contributed by atoms with Crippen molar-refractivity contribution >= 4 is 21.4 Å². The van der Waals surface area contributed by atoms with Gasteiger partial charge in [-0.2, -0.15) is 0 Å². The normalized spacial score (nSPS) is 15.5. The van der Waals surface area contributed by atoms with Gasteiger partial charge in [-0.3, -0.25) is 9.88 Å². The molecule has 27 heavy (non-hydrogen) atoms. The van der Waals surface area contributed by atoms with Gasteiger partial charge in [-0.15, -0.1) is 5.10 Å². The van der Waals surface area contributed by atoms with E-state index in [1.807, 2.05) is 29.0 Å². The summed E-state index contributed by atoms with van der Waals surface area (Å²) in [5.74, 6) is 0. The van der Waals surface area contributed by atoms with Crippen LogP contribution in [0.4, 0.5) is 5.13 Å². The molecule has 3 aromatic heterocycles. The zero-order valence-electron chi connectivity index (χ0n) is 14.9. The van der Waals surface area contributed by atoms with Crippen molar-refractivity contribution < 1.29 is 0 Å². The van der Waals surface area contributed by atoms with Gasteiger partial charge < -0.3 is 4.90 Å². The first kappa shape index (κ1) is 16.4. The number of nitrogens with zero attached hydrogens (tertiary/aromatic N) is 6. The first-order chi connectivity index (χ1) is 13.3. The minimum absolute atomic E-state index is 0.918. The Bertz CT molecular complexity index is 987. The van der Waals surface area contributed by atoms with Gasteiger partial charge in [0, 0.05) is 50.7 Å². The standard InChI is InChI=1S/C20H20N6S/c1-2-5-16(6-3-1)14-24-9-11-25(12-10-24)20-23-26-15-18(22-19(26)27-20)17-7-4-8-21-13-17/h1-8,13,15H,9-12,14H2. The maximum atomic E-state index is 4.75. The molecule has 7 heteroatoms. The van der Waals surface area contributed by atoms with E-state index in [-0.39, 0.29) is 0 Å². The number of benzene rings is 1. The first-order valence-electron chi connectivity index (χ1n) is 9.13. The fourth-order valence-corrected chi connectivity index (χ4v) is 4.34. The van der Waals surface area contributed by atoms with Gasteiger partial charge in [0.1, 0.15) is 0 Å². The molecule has 0 saturated carbocycles. The van der Waals surface area contributed by atoms with Crippen molar-refractivity contribution in [2.45, 2.75) is 6.54 Å². The van der Waals surface area contributed by atoms with E-state index < -0.39 is 0 Å². The lowest BCUT2D eigenvalue weighted by atomic mass is 10.2. The summed E-state index contributed by atoms with van der Waals surface area (Å²) in [4.78, 5) is 14.7. The zero-order chi connectivity index (χ0) is 18.1. The van der Waals surface area contributed by atoms with Crippen molar-refractivity contribution in [2.75, 3.05) is 31.1 Å². The highest BCUT2D eigenvalue weighted by Gasteiger charge is 2.21. The van der Waals surface area contributed by atoms with Crippen molar-refractivity contribution in [3.63, 3.8) is 0 Å². The lowest BCUT2D eigenvalue weighted by molar-refractivity contribution is 0.249. The Morgan fingerprint density at radius 2 is 1.81 bits per heavy atom. The van der Waals surface area contributed by atoms with Crippen molar-refractivity contribution in [1.82, 2.24) is 24.5 Å². The molecule has 0 amide bonds. The average molecular weight is 376 g/mol. The van der Waals surface area contributed by atoms with Crippen LogP contribution in [0, 0.1) is 0 Å². The van der Waals surface area contributed by atoms with Crippen LogP contribution in [0.25, 0.3) is 16.2 Å². The van der Waals surface area contributed by atoms with Crippen LogP contribution in [0.2, 0.25) is 0 Å². The molecule has 0 spiro atoms. The number of piperazine rings is 1. The maximum absolute atomic E-state index is 4.75. The van der Waals surface area contributed by atoms with Gasteiger partial charge in [0.2, 0.25) is 10.1 Å². The van der Waals surface area contributed by atoms with Crippen molar-refractivity contribution in [3.8, 4) is 11.3 Å². The van der Waals surface area contributed by atoms with Crippen LogP contribution < -0.4 is 4.90 Å². The van der Waals surface area contributed by atoms with Gasteiger partial charge in [-0.05, 0) is 17.7 Å². The SMILES string of the molecule is c1ccc(CN2CCN(c3nn4cc(-c5cccnc5)nc4s3)CC2)cc1. The lowest BCUT2D eigenvalue weighted by Crippen LogP contribution is -2.46. The molecule has 136 valence electrons. The third kappa shape index (κ3) is 3.43. The topological polar surface area (TPSA) is 49.6 Å². The molecule has 1 fully saturated rings. The molecule has 0 unspecified atom stereocenters. The molecule has 4 heterocycles. The molecule has 0 atom stereocenters. The Labute approximate surface area is 161 Å². The number of fused-ring (bicyclic) bond motifs is 1. The van der Waals surface area contributed by atoms with E-state index in [1.54, 1.807) is 17.5 Å². The number of aromatic nitrogens is 4. The molecule has 5 rings (SSSR count). The Morgan fingerprint density at radius 1 is 0.963 bits per heavy atom. The second-order valence-corrected chi connectivity index (χ2v) is 7.66. The van der Waals surface area contributed by atoms with E-state index in [4.69, 9.17) is 10.1 Å². The number of rotatable bonds is 4. The van der Waals surface area contributed by atoms with Crippen molar-refractivity contribution in [2.24, 2.45) is 0 Å². The van der Waals surface area contributed by atoms with E-state index in [0.29, 0.717) is 0 Å². The fourth-order valence-electron chi connectivity index (χ4n) is 3.41. The van der Waals surface area contributed by atoms with Crippen LogP contribution in [0.5, 0.6) is 0 Å². The van der Waals surface area contributed by atoms with Crippen LogP contribution in [0.3, 0.4) is 0 Å². The summed E-state index contributed by atoms with van der Waals surface area (Å²) in [5, 5.41) is 5.80. The van der Waals surface area contributed by atoms with Gasteiger partial charge >= 0.3 is 0 Å². The summed E-state index contributed by atoms with van der Waals surface area (Å²) < 4.78 is 1.89. The summed E-state index contributed by atoms with van der Waals surface area (Å²) in [6.45, 7) is 5.12. The van der Waals surface area contributed by atoms with Crippen molar-refractivity contribution in [3.05, 3.63) is 66.6 Å². The smallest absolute Gasteiger partial charge is 0.214 e. The Morgan fingerprint density at radius 3 is 2.56 bits per heavy atom. The maximum Gasteiger partial charge on any atom is 0.214 e. The Hall–Kier alpha value is -2.77. The average Bonchev–Trinajstić information content (AvgIpc) is 3.29. The molecule has 0 aliphatic carbocycles. The first-order valence-corrected chi connectivity index (χ1v) is 9.95. The van der Waals surface area contributed by atoms with Crippen LogP contribution in [-0.4, -0.2) is 50.7 Å². The summed E-state index contributed by atoms with van der Waals surface area (Å²) in [5.41, 5.74) is 3.31. The largest absolute Gasteiger partial charge is 0.344 e. The Kier molecular flexibility index (Phi) is 4.31. The van der Waals surface area contributed by atoms with Crippen LogP contribution >= 0.6 is 11.3 Å². The summed E-state index contributed by atoms with van der Waals surface area (Å²) >= 11 is 1.65. The molecule has 1 aliphatic heterocycles. The minimum Gasteiger partial charge on any atom is -0.344 e. The summed E-state index contributed by atoms with van der Waals surface area (Å²) in [6, 6.07) is 14.6. The van der Waals surface area contributed by atoms with E-state index in [9.17, 15) is 0 Å². The third-order valence-corrected chi connectivity index (χ3v) is 5.86. The van der Waals surface area contributed by atoms with Crippen molar-refractivity contribution in [1.29, 1.82) is 0 Å². The number of hydrogen-bond acceptors (Lipinski definition) is 6. The van der Waals surface area contributed by atoms with Gasteiger partial charge in [0.15, 0.2) is 0 Å². The molecular weight excluding hydrogens is 356 g/mol. The number of hydrogen-bond donors (Lipinski definition) is 0. The Balaban J connectivity index is 1.26. The second kappa shape index (κ2) is 7.09. The van der Waals surface area contributed by atoms with Gasteiger partial charge in [-0.1, -0.05) is 41.7 Å². The molecule has 1 saturated heterocycles. The van der Waals surface area contributed by atoms with E-state index in [1.165, 1.54) is 5.56 Å². The molecule has 6 nitrogen and oxygen atoms in total. The van der Waals surface area contributed by atoms with Crippen LogP contribution in [0.1, 0.15) is 5.56 Å². The molecule has 4 aromatic rings. The predicted molar refractivity (Wildman–Crippen MR) is 108 cm³/mol. The van der Waals surface area contributed by atoms with Gasteiger partial charge in [-0.25, -0.2) is 9.50 Å². The second-order valence-electron chi connectivity index (χ2n) is 6.73. The summed E-state index contributed by atoms with van der Waals surface area (Å²) in [7, 11) is 0. The minimum atomic E-state index is 0.918. The third-order valence-electron chi connectivity index (χ3n) is 4.88. The quantitative estimate of drug-likeness (QED) is 0.548. The van der Waals surface area contributed by atoms with Gasteiger partial charge in [0.05, 0.1) is 11.9 Å². The van der Waals surface area contributed by atoms with E-state index >= 15 is 0 Å². The monoisotopic (exact) mass is 376 g/mol. The highest BCUT2D eigenvalue weighted by Crippen LogP contribution is 2.27. The number of pyridine rings is 1. The highest BCUT2D eigenvalue weighted by atomic mass is 32.1. The zero-order valence-corrected chi connectivity index (χ0v) is 15.7. The fraction of sp³-hybridized carbons (Fsp3) is 0.250. The number of anilines is 1. The molecule has 0 bridgehead atoms. The predicted octanol–water partition coefficient (Wildman–Crippen LogP) is 3.18. The highest BCUT2D eigenvalue weighted by molar-refractivity contribution is 7.20. The lowest BCUT2D eigenvalue weighted by Gasteiger charge is -2.34. The molecule has 1 aliphatic rings. The van der Waals surface area contributed by atoms with E-state index in [0.717, 1.165) is 54.1 Å². The summed E-state index contributed by atoms with van der Waals surface area (Å²) in [6.07, 6.45) is 5.59. The molecule has 0 N–H and O–H groups in total. The van der Waals surface area contributed by atoms with Gasteiger partial charge in [0.25, 0.3) is 0 Å². The van der Waals surface area contributed by atoms with Crippen LogP contribution in [-0.2, 0) is 6.54 Å². The number of imidazole rings is 1. The molecule has 1 aromatic carbocycles. The van der Waals surface area contributed by atoms with Crippen LogP contribution in [0.15, 0.2) is 61.1 Å². The molecular formula is C20H20N6S.